The summed E-state index contributed by atoms with van der Waals surface area (Å²) in [4.78, 5) is 59.4. The van der Waals surface area contributed by atoms with Crippen LogP contribution in [0.15, 0.2) is 41.3 Å². The fourth-order valence-electron chi connectivity index (χ4n) is 3.99. The van der Waals surface area contributed by atoms with Crippen LogP contribution in [0.4, 0.5) is 15.7 Å². The van der Waals surface area contributed by atoms with Crippen molar-refractivity contribution in [1.82, 2.24) is 24.3 Å². The predicted molar refractivity (Wildman–Crippen MR) is 141 cm³/mol. The van der Waals surface area contributed by atoms with E-state index in [2.05, 4.69) is 26.4 Å². The van der Waals surface area contributed by atoms with Crippen LogP contribution in [0.5, 0.6) is 0 Å². The first-order valence-corrected chi connectivity index (χ1v) is 13.3. The Labute approximate surface area is 234 Å². The van der Waals surface area contributed by atoms with Gasteiger partial charge in [-0.15, -0.1) is 21.1 Å². The van der Waals surface area contributed by atoms with E-state index >= 15 is 0 Å². The number of hydrogen-bond donors (Lipinski definition) is 5. The number of hydrogen-bond acceptors (Lipinski definition) is 13. The number of β-lactam (4-membered cyclic amide) rings is 1. The third-order valence-corrected chi connectivity index (χ3v) is 7.56. The van der Waals surface area contributed by atoms with Gasteiger partial charge in [-0.25, -0.2) is 9.59 Å². The lowest BCUT2D eigenvalue weighted by molar-refractivity contribution is -0.767. The molecule has 0 saturated carbocycles. The fourth-order valence-corrected chi connectivity index (χ4v) is 5.76. The number of primary amides is 1. The van der Waals surface area contributed by atoms with Gasteiger partial charge in [-0.1, -0.05) is 17.8 Å². The number of aliphatic carboxylic acids is 1. The lowest BCUT2D eigenvalue weighted by Crippen LogP contribution is -2.71. The summed E-state index contributed by atoms with van der Waals surface area (Å²) in [5, 5.41) is 15.7. The van der Waals surface area contributed by atoms with Gasteiger partial charge in [0.1, 0.15) is 36.9 Å². The highest BCUT2D eigenvalue weighted by Crippen LogP contribution is 2.40. The molecule has 212 valence electrons. The van der Waals surface area contributed by atoms with Crippen molar-refractivity contribution in [3.05, 3.63) is 42.0 Å². The smallest absolute Gasteiger partial charge is 0.404 e. The Morgan fingerprint density at radius 1 is 1.38 bits per heavy atom. The third-order valence-electron chi connectivity index (χ3n) is 5.68. The maximum atomic E-state index is 13.1. The lowest BCUT2D eigenvalue weighted by atomic mass is 10.0. The number of aromatic nitrogens is 4. The minimum absolute atomic E-state index is 0.00572. The largest absolute Gasteiger partial charge is 0.477 e. The normalized spacial score (nSPS) is 18.6. The van der Waals surface area contributed by atoms with Crippen LogP contribution < -0.4 is 27.2 Å². The van der Waals surface area contributed by atoms with Crippen LogP contribution in [0, 0.1) is 0 Å². The number of rotatable bonds is 12. The van der Waals surface area contributed by atoms with Crippen molar-refractivity contribution in [2.45, 2.75) is 24.5 Å². The first-order chi connectivity index (χ1) is 19.1. The van der Waals surface area contributed by atoms with Crippen LogP contribution in [-0.4, -0.2) is 84.0 Å². The van der Waals surface area contributed by atoms with E-state index in [9.17, 15) is 24.3 Å². The molecule has 3 amide bonds. The Hall–Kier alpha value is -4.65. The van der Waals surface area contributed by atoms with Crippen molar-refractivity contribution in [3.63, 3.8) is 0 Å². The minimum Gasteiger partial charge on any atom is -0.477 e. The molecular weight excluding hydrogens is 568 g/mol. The number of nitrogen functional groups attached to an aromatic ring is 2. The van der Waals surface area contributed by atoms with Crippen molar-refractivity contribution in [1.29, 1.82) is 0 Å². The molecule has 2 aromatic heterocycles. The molecule has 1 fully saturated rings. The SMILES string of the molecule is C=CCON=C(C(=O)N[C@@H]1C(=O)N2C(C(=O)O)=C(C[n+]3ccc(N)n3CCOC(N)=O)CS[C@H]12)c1nsc(N)n1. The lowest BCUT2D eigenvalue weighted by Gasteiger charge is -2.49. The number of nitrogens with two attached hydrogens (primary N) is 3. The molecule has 0 radical (unpaired) electrons. The Morgan fingerprint density at radius 3 is 2.80 bits per heavy atom. The molecule has 0 unspecified atom stereocenters. The molecule has 0 aromatic carbocycles. The molecule has 2 aliphatic heterocycles. The summed E-state index contributed by atoms with van der Waals surface area (Å²) in [6.45, 7) is 3.72. The average Bonchev–Trinajstić information content (AvgIpc) is 3.49. The van der Waals surface area contributed by atoms with E-state index in [1.807, 2.05) is 0 Å². The summed E-state index contributed by atoms with van der Waals surface area (Å²) in [7, 11) is 0. The van der Waals surface area contributed by atoms with Crippen LogP contribution >= 0.6 is 23.3 Å². The van der Waals surface area contributed by atoms with E-state index < -0.39 is 35.3 Å². The van der Waals surface area contributed by atoms with E-state index in [-0.39, 0.29) is 54.4 Å². The van der Waals surface area contributed by atoms with Gasteiger partial charge in [-0.2, -0.15) is 9.36 Å². The fraction of sp³-hybridized carbons (Fsp3) is 0.333. The van der Waals surface area contributed by atoms with Crippen molar-refractivity contribution in [3.8, 4) is 0 Å². The van der Waals surface area contributed by atoms with Crippen molar-refractivity contribution >= 4 is 63.8 Å². The summed E-state index contributed by atoms with van der Waals surface area (Å²) in [6, 6.07) is 0.569. The number of nitrogens with zero attached hydrogens (tertiary/aromatic N) is 6. The minimum atomic E-state index is -1.30. The predicted octanol–water partition coefficient (Wildman–Crippen LogP) is -1.77. The number of ether oxygens (including phenoxy) is 1. The van der Waals surface area contributed by atoms with Gasteiger partial charge < -0.3 is 37.2 Å². The summed E-state index contributed by atoms with van der Waals surface area (Å²) in [6.07, 6.45) is 2.12. The highest BCUT2D eigenvalue weighted by molar-refractivity contribution is 8.00. The summed E-state index contributed by atoms with van der Waals surface area (Å²) >= 11 is 2.13. The van der Waals surface area contributed by atoms with E-state index in [0.717, 1.165) is 16.4 Å². The van der Waals surface area contributed by atoms with Crippen molar-refractivity contribution in [2.75, 3.05) is 30.4 Å². The first-order valence-electron chi connectivity index (χ1n) is 11.5. The highest BCUT2D eigenvalue weighted by Gasteiger charge is 2.55. The van der Waals surface area contributed by atoms with Gasteiger partial charge in [-0.05, 0) is 0 Å². The average molecular weight is 594 g/mol. The molecule has 2 aliphatic rings. The quantitative estimate of drug-likeness (QED) is 0.0458. The van der Waals surface area contributed by atoms with Crippen molar-refractivity contribution < 1.29 is 38.5 Å². The molecule has 1 saturated heterocycles. The van der Waals surface area contributed by atoms with Crippen molar-refractivity contribution in [2.24, 2.45) is 10.9 Å². The number of thioether (sulfide) groups is 1. The molecule has 4 rings (SSSR count). The van der Waals surface area contributed by atoms with Crippen LogP contribution in [0.25, 0.3) is 0 Å². The van der Waals surface area contributed by atoms with Gasteiger partial charge in [0.25, 0.3) is 11.8 Å². The molecule has 2 atom stereocenters. The van der Waals surface area contributed by atoms with Gasteiger partial charge in [0.05, 0.1) is 6.07 Å². The second kappa shape index (κ2) is 12.0. The number of amides is 3. The number of oxime groups is 1. The molecule has 0 aliphatic carbocycles. The number of carbonyl (C=O) groups excluding carboxylic acids is 3. The molecule has 0 spiro atoms. The Morgan fingerprint density at radius 2 is 2.15 bits per heavy atom. The molecule has 40 heavy (non-hydrogen) atoms. The van der Waals surface area contributed by atoms with Gasteiger partial charge in [0, 0.05) is 22.9 Å². The van der Waals surface area contributed by atoms with Gasteiger partial charge in [0.15, 0.2) is 23.7 Å². The van der Waals surface area contributed by atoms with E-state index in [0.29, 0.717) is 11.4 Å². The Balaban J connectivity index is 1.51. The molecule has 4 heterocycles. The van der Waals surface area contributed by atoms with E-state index in [1.165, 1.54) is 17.8 Å². The summed E-state index contributed by atoms with van der Waals surface area (Å²) in [5.74, 6) is -2.21. The number of carboxylic acids is 1. The first kappa shape index (κ1) is 28.4. The van der Waals surface area contributed by atoms with Crippen LogP contribution in [-0.2, 0) is 37.0 Å². The van der Waals surface area contributed by atoms with Crippen LogP contribution in [0.2, 0.25) is 0 Å². The molecule has 8 N–H and O–H groups in total. The number of carboxylic acid groups (broad SMARTS) is 1. The highest BCUT2D eigenvalue weighted by atomic mass is 32.2. The number of carbonyl (C=O) groups is 4. The molecule has 17 nitrogen and oxygen atoms in total. The summed E-state index contributed by atoms with van der Waals surface area (Å²) in [5.41, 5.74) is 16.6. The maximum absolute atomic E-state index is 13.1. The standard InChI is InChI=1S/C21H24N10O7S2/c1-2-6-38-27-12(15-26-20(23)40-28-15)16(32)25-13-17(33)31-14(19(34)35)10(9-39-18(13)31)8-29-4-3-11(22)30(29)5-7-37-21(24)36/h2-4,13,18,22H,1,5-9H2,(H6,23,24,25,26,28,32,34,35,36)/p+1/t13-,18-/m1/s1. The summed E-state index contributed by atoms with van der Waals surface area (Å²) < 4.78 is 12.0. The molecule has 2 aromatic rings. The molecular formula is C21H25N10O7S2+. The maximum Gasteiger partial charge on any atom is 0.404 e. The second-order valence-electron chi connectivity index (χ2n) is 8.23. The third kappa shape index (κ3) is 5.83. The topological polar surface area (TPSA) is 247 Å². The zero-order valence-electron chi connectivity index (χ0n) is 20.8. The number of fused-ring (bicyclic) bond motifs is 1. The van der Waals surface area contributed by atoms with Crippen LogP contribution in [0.1, 0.15) is 5.82 Å². The van der Waals surface area contributed by atoms with Gasteiger partial charge in [0.2, 0.25) is 11.5 Å². The Kier molecular flexibility index (Phi) is 8.53. The Bertz CT molecular complexity index is 1420. The van der Waals surface area contributed by atoms with Gasteiger partial charge >= 0.3 is 12.1 Å². The van der Waals surface area contributed by atoms with E-state index in [1.54, 1.807) is 21.6 Å². The number of nitrogens with one attached hydrogen (secondary N) is 1. The van der Waals surface area contributed by atoms with E-state index in [4.69, 9.17) is 26.8 Å². The zero-order valence-corrected chi connectivity index (χ0v) is 22.4. The molecule has 0 bridgehead atoms. The molecule has 19 heteroatoms. The number of anilines is 2. The second-order valence-corrected chi connectivity index (χ2v) is 10.1. The zero-order chi connectivity index (χ0) is 29.0. The van der Waals surface area contributed by atoms with Gasteiger partial charge in [-0.3, -0.25) is 14.5 Å². The monoisotopic (exact) mass is 593 g/mol. The van der Waals surface area contributed by atoms with Crippen LogP contribution in [0.3, 0.4) is 0 Å².